The number of hydrogen-bond donors (Lipinski definition) is 1. The Morgan fingerprint density at radius 2 is 2.14 bits per heavy atom. The minimum atomic E-state index is -2.67. The van der Waals surface area contributed by atoms with Gasteiger partial charge < -0.3 is 4.57 Å². The zero-order valence-corrected chi connectivity index (χ0v) is 12.0. The summed E-state index contributed by atoms with van der Waals surface area (Å²) in [6.07, 6.45) is 0.645. The summed E-state index contributed by atoms with van der Waals surface area (Å²) in [5, 5.41) is 6.37. The van der Waals surface area contributed by atoms with Crippen LogP contribution in [0.4, 0.5) is 14.7 Å². The molecule has 0 unspecified atom stereocenters. The van der Waals surface area contributed by atoms with Gasteiger partial charge in [0, 0.05) is 26.0 Å². The number of nitrogens with zero attached hydrogens (tertiary/aromatic N) is 4. The fourth-order valence-electron chi connectivity index (χ4n) is 1.94. The van der Waals surface area contributed by atoms with Crippen LogP contribution in [0.3, 0.4) is 0 Å². The van der Waals surface area contributed by atoms with E-state index in [1.54, 1.807) is 17.0 Å². The maximum Gasteiger partial charge on any atom is 0.280 e. The van der Waals surface area contributed by atoms with Gasteiger partial charge in [0.05, 0.1) is 0 Å². The molecule has 2 aromatic rings. The van der Waals surface area contributed by atoms with Gasteiger partial charge in [-0.1, -0.05) is 13.8 Å². The average Bonchev–Trinajstić information content (AvgIpc) is 2.96. The SMILES string of the molecule is CC(C)Cn1ccnc1NC(=O)c1cc(C(F)F)n(C)n1. The molecule has 2 heterocycles. The molecule has 0 atom stereocenters. The molecule has 0 radical (unpaired) electrons. The predicted octanol–water partition coefficient (Wildman–Crippen LogP) is 2.46. The van der Waals surface area contributed by atoms with E-state index < -0.39 is 12.3 Å². The molecule has 0 aliphatic carbocycles. The standard InChI is InChI=1S/C13H17F2N5O/c1-8(2)7-20-5-4-16-13(20)17-12(21)9-6-10(11(14)15)19(3)18-9/h4-6,8,11H,7H2,1-3H3,(H,16,17,21). The summed E-state index contributed by atoms with van der Waals surface area (Å²) in [4.78, 5) is 16.1. The summed E-state index contributed by atoms with van der Waals surface area (Å²) < 4.78 is 28.2. The molecule has 2 rings (SSSR count). The molecule has 0 spiro atoms. The van der Waals surface area contributed by atoms with Crippen LogP contribution in [0.1, 0.15) is 36.5 Å². The van der Waals surface area contributed by atoms with Crippen molar-refractivity contribution in [3.8, 4) is 0 Å². The van der Waals surface area contributed by atoms with Crippen LogP contribution < -0.4 is 5.32 Å². The molecular formula is C13H17F2N5O. The molecule has 0 fully saturated rings. The quantitative estimate of drug-likeness (QED) is 0.922. The molecule has 0 aliphatic heterocycles. The van der Waals surface area contributed by atoms with Gasteiger partial charge in [0.25, 0.3) is 12.3 Å². The predicted molar refractivity (Wildman–Crippen MR) is 73.2 cm³/mol. The summed E-state index contributed by atoms with van der Waals surface area (Å²) in [5.74, 6) is 0.196. The van der Waals surface area contributed by atoms with Crippen LogP contribution >= 0.6 is 0 Å². The first-order valence-corrected chi connectivity index (χ1v) is 6.53. The molecule has 8 heteroatoms. The molecule has 6 nitrogen and oxygen atoms in total. The molecular weight excluding hydrogens is 280 g/mol. The van der Waals surface area contributed by atoms with Crippen molar-refractivity contribution in [1.29, 1.82) is 0 Å². The second kappa shape index (κ2) is 6.02. The molecule has 1 N–H and O–H groups in total. The Kier molecular flexibility index (Phi) is 4.35. The minimum Gasteiger partial charge on any atom is -0.317 e. The maximum atomic E-state index is 12.7. The zero-order chi connectivity index (χ0) is 15.6. The van der Waals surface area contributed by atoms with Crippen molar-refractivity contribution in [2.75, 3.05) is 5.32 Å². The zero-order valence-electron chi connectivity index (χ0n) is 12.0. The van der Waals surface area contributed by atoms with Crippen molar-refractivity contribution in [1.82, 2.24) is 19.3 Å². The largest absolute Gasteiger partial charge is 0.317 e. The van der Waals surface area contributed by atoms with Crippen LogP contribution in [-0.2, 0) is 13.6 Å². The number of aryl methyl sites for hydroxylation is 1. The fourth-order valence-corrected chi connectivity index (χ4v) is 1.94. The molecule has 0 aliphatic rings. The highest BCUT2D eigenvalue weighted by atomic mass is 19.3. The number of amides is 1. The number of aromatic nitrogens is 4. The second-order valence-corrected chi connectivity index (χ2v) is 5.13. The van der Waals surface area contributed by atoms with E-state index in [1.165, 1.54) is 7.05 Å². The van der Waals surface area contributed by atoms with Gasteiger partial charge in [-0.05, 0) is 12.0 Å². The number of carbonyl (C=O) groups excluding carboxylic acids is 1. The number of carbonyl (C=O) groups is 1. The van der Waals surface area contributed by atoms with Gasteiger partial charge in [0.1, 0.15) is 5.69 Å². The Hall–Kier alpha value is -2.25. The Bertz CT molecular complexity index is 632. The molecule has 0 saturated heterocycles. The third-order valence-electron chi connectivity index (χ3n) is 2.87. The van der Waals surface area contributed by atoms with Crippen molar-refractivity contribution in [3.05, 3.63) is 29.8 Å². The van der Waals surface area contributed by atoms with Crippen LogP contribution in [0, 0.1) is 5.92 Å². The summed E-state index contributed by atoms with van der Waals surface area (Å²) in [5.41, 5.74) is -0.363. The minimum absolute atomic E-state index is 0.0631. The van der Waals surface area contributed by atoms with Crippen LogP contribution in [0.15, 0.2) is 18.5 Å². The van der Waals surface area contributed by atoms with E-state index in [4.69, 9.17) is 0 Å². The number of rotatable bonds is 5. The summed E-state index contributed by atoms with van der Waals surface area (Å²) in [6, 6.07) is 1.08. The van der Waals surface area contributed by atoms with Crippen molar-refractivity contribution in [2.24, 2.45) is 13.0 Å². The smallest absolute Gasteiger partial charge is 0.280 e. The van der Waals surface area contributed by atoms with E-state index in [0.717, 1.165) is 10.7 Å². The first-order chi connectivity index (χ1) is 9.88. The average molecular weight is 297 g/mol. The molecule has 21 heavy (non-hydrogen) atoms. The first kappa shape index (κ1) is 15.1. The number of anilines is 1. The van der Waals surface area contributed by atoms with E-state index in [-0.39, 0.29) is 11.4 Å². The van der Waals surface area contributed by atoms with E-state index >= 15 is 0 Å². The van der Waals surface area contributed by atoms with E-state index in [2.05, 4.69) is 15.4 Å². The first-order valence-electron chi connectivity index (χ1n) is 6.53. The maximum absolute atomic E-state index is 12.7. The van der Waals surface area contributed by atoms with Crippen molar-refractivity contribution in [3.63, 3.8) is 0 Å². The van der Waals surface area contributed by atoms with Crippen LogP contribution in [-0.4, -0.2) is 25.2 Å². The molecule has 0 bridgehead atoms. The molecule has 2 aromatic heterocycles. The third kappa shape index (κ3) is 3.45. The lowest BCUT2D eigenvalue weighted by Gasteiger charge is -2.10. The highest BCUT2D eigenvalue weighted by Crippen LogP contribution is 2.19. The monoisotopic (exact) mass is 297 g/mol. The molecule has 1 amide bonds. The Balaban J connectivity index is 2.15. The lowest BCUT2D eigenvalue weighted by Crippen LogP contribution is -2.17. The van der Waals surface area contributed by atoms with Gasteiger partial charge >= 0.3 is 0 Å². The van der Waals surface area contributed by atoms with Gasteiger partial charge in [-0.25, -0.2) is 13.8 Å². The number of alkyl halides is 2. The van der Waals surface area contributed by atoms with Crippen LogP contribution in [0.2, 0.25) is 0 Å². The van der Waals surface area contributed by atoms with Crippen molar-refractivity contribution >= 4 is 11.9 Å². The van der Waals surface area contributed by atoms with Crippen molar-refractivity contribution < 1.29 is 13.6 Å². The van der Waals surface area contributed by atoms with Gasteiger partial charge in [0.2, 0.25) is 5.95 Å². The van der Waals surface area contributed by atoms with Gasteiger partial charge in [-0.2, -0.15) is 5.10 Å². The van der Waals surface area contributed by atoms with Gasteiger partial charge in [-0.3, -0.25) is 14.8 Å². The summed E-state index contributed by atoms with van der Waals surface area (Å²) in [6.45, 7) is 4.78. The Morgan fingerprint density at radius 1 is 1.43 bits per heavy atom. The molecule has 0 saturated carbocycles. The summed E-state index contributed by atoms with van der Waals surface area (Å²) >= 11 is 0. The highest BCUT2D eigenvalue weighted by Gasteiger charge is 2.19. The number of nitrogens with one attached hydrogen (secondary N) is 1. The van der Waals surface area contributed by atoms with Gasteiger partial charge in [0.15, 0.2) is 5.69 Å². The van der Waals surface area contributed by atoms with Crippen molar-refractivity contribution in [2.45, 2.75) is 26.8 Å². The summed E-state index contributed by atoms with van der Waals surface area (Å²) in [7, 11) is 1.37. The number of imidazole rings is 1. The molecule has 114 valence electrons. The fraction of sp³-hybridized carbons (Fsp3) is 0.462. The second-order valence-electron chi connectivity index (χ2n) is 5.13. The van der Waals surface area contributed by atoms with E-state index in [0.29, 0.717) is 18.4 Å². The Morgan fingerprint density at radius 3 is 2.71 bits per heavy atom. The highest BCUT2D eigenvalue weighted by molar-refractivity contribution is 6.02. The van der Waals surface area contributed by atoms with Gasteiger partial charge in [-0.15, -0.1) is 0 Å². The molecule has 0 aromatic carbocycles. The lowest BCUT2D eigenvalue weighted by molar-refractivity contribution is 0.102. The van der Waals surface area contributed by atoms with Crippen LogP contribution in [0.5, 0.6) is 0 Å². The van der Waals surface area contributed by atoms with E-state index in [9.17, 15) is 13.6 Å². The lowest BCUT2D eigenvalue weighted by atomic mass is 10.2. The topological polar surface area (TPSA) is 64.7 Å². The number of hydrogen-bond acceptors (Lipinski definition) is 3. The Labute approximate surface area is 120 Å². The normalized spacial score (nSPS) is 11.4. The number of halogens is 2. The van der Waals surface area contributed by atoms with Crippen LogP contribution in [0.25, 0.3) is 0 Å². The van der Waals surface area contributed by atoms with E-state index in [1.807, 2.05) is 13.8 Å². The third-order valence-corrected chi connectivity index (χ3v) is 2.87.